The third-order valence-corrected chi connectivity index (χ3v) is 9.27. The van der Waals surface area contributed by atoms with Gasteiger partial charge in [-0.1, -0.05) is 54.6 Å². The molecule has 9 nitrogen and oxygen atoms in total. The summed E-state index contributed by atoms with van der Waals surface area (Å²) in [7, 11) is 0. The van der Waals surface area contributed by atoms with E-state index in [1.807, 2.05) is 42.5 Å². The maximum Gasteiger partial charge on any atom is 0.255 e. The fourth-order valence-corrected chi connectivity index (χ4v) is 7.31. The molecule has 0 saturated heterocycles. The Morgan fingerprint density at radius 2 is 1.66 bits per heavy atom. The van der Waals surface area contributed by atoms with Crippen LogP contribution in [0.2, 0.25) is 0 Å². The number of allylic oxidation sites excluding steroid dienone is 2. The Labute approximate surface area is 254 Å². The highest BCUT2D eigenvalue weighted by molar-refractivity contribution is 6.22. The molecule has 226 valence electrons. The highest BCUT2D eigenvalue weighted by Gasteiger charge is 2.55. The van der Waals surface area contributed by atoms with Crippen molar-refractivity contribution in [1.82, 2.24) is 5.32 Å². The Morgan fingerprint density at radius 3 is 2.39 bits per heavy atom. The number of fused-ring (bicyclic) bond motifs is 3. The molecule has 0 spiro atoms. The van der Waals surface area contributed by atoms with E-state index in [0.717, 1.165) is 23.6 Å². The molecular formula is C35H34N2O7. The monoisotopic (exact) mass is 594 g/mol. The summed E-state index contributed by atoms with van der Waals surface area (Å²) >= 11 is 0. The standard InChI is InChI=1S/C35H34N2O7/c1-35(44)30-22(15-26(39)29(33(35)42)34(36)43)13-21-14-24-23(10-11-25(38)28(24)31(40)27(21)32(30)41)20-9-5-8-19(12-20)17-37-16-18-6-3-2-4-7-18/h2-12,21-22,30,37-39,41,44H,13-17H2,1H3,(H2,36,43)/t21-,22+,30?,35?/m1/s1. The number of primary amides is 1. The van der Waals surface area contributed by atoms with Gasteiger partial charge in [-0.3, -0.25) is 14.4 Å². The number of rotatable bonds is 6. The van der Waals surface area contributed by atoms with Gasteiger partial charge in [-0.15, -0.1) is 0 Å². The smallest absolute Gasteiger partial charge is 0.255 e. The van der Waals surface area contributed by atoms with E-state index in [0.29, 0.717) is 25.1 Å². The number of hydrogen-bond acceptors (Lipinski definition) is 8. The fourth-order valence-electron chi connectivity index (χ4n) is 7.31. The molecule has 4 atom stereocenters. The summed E-state index contributed by atoms with van der Waals surface area (Å²) in [5, 5.41) is 47.8. The van der Waals surface area contributed by atoms with Crippen molar-refractivity contribution < 1.29 is 34.8 Å². The number of phenols is 1. The molecular weight excluding hydrogens is 560 g/mol. The summed E-state index contributed by atoms with van der Waals surface area (Å²) in [5.74, 6) is -6.51. The Balaban J connectivity index is 1.36. The van der Waals surface area contributed by atoms with Gasteiger partial charge < -0.3 is 31.5 Å². The molecule has 7 N–H and O–H groups in total. The van der Waals surface area contributed by atoms with E-state index >= 15 is 0 Å². The number of carbonyl (C=O) groups excluding carboxylic acids is 3. The van der Waals surface area contributed by atoms with Crippen molar-refractivity contribution >= 4 is 17.5 Å². The molecule has 3 aromatic carbocycles. The Morgan fingerprint density at radius 1 is 0.955 bits per heavy atom. The summed E-state index contributed by atoms with van der Waals surface area (Å²) in [6, 6.07) is 21.3. The Kier molecular flexibility index (Phi) is 7.39. The van der Waals surface area contributed by atoms with Crippen LogP contribution in [0, 0.1) is 17.8 Å². The van der Waals surface area contributed by atoms with Crippen molar-refractivity contribution in [3.05, 3.63) is 112 Å². The van der Waals surface area contributed by atoms with Crippen molar-refractivity contribution in [3.8, 4) is 16.9 Å². The van der Waals surface area contributed by atoms with Crippen LogP contribution in [-0.2, 0) is 29.1 Å². The first kappa shape index (κ1) is 29.3. The molecule has 0 fully saturated rings. The second-order valence-corrected chi connectivity index (χ2v) is 12.1. The number of nitrogens with one attached hydrogen (secondary N) is 1. The van der Waals surface area contributed by atoms with Crippen LogP contribution in [0.3, 0.4) is 0 Å². The lowest BCUT2D eigenvalue weighted by Crippen LogP contribution is -2.51. The second-order valence-electron chi connectivity index (χ2n) is 12.1. The van der Waals surface area contributed by atoms with Crippen LogP contribution in [-0.4, -0.2) is 43.5 Å². The van der Waals surface area contributed by atoms with Gasteiger partial charge in [0.2, 0.25) is 5.78 Å². The quantitative estimate of drug-likeness (QED) is 0.231. The van der Waals surface area contributed by atoms with E-state index in [-0.39, 0.29) is 29.7 Å². The molecule has 2 unspecified atom stereocenters. The average molecular weight is 595 g/mol. The molecule has 0 radical (unpaired) electrons. The SMILES string of the molecule is CC1(O)C(=O)C(C(N)=O)=C(O)C[C@@H]2C[C@@H]3Cc4c(-c5cccc(CNCc6ccccc6)c5)ccc(O)c4C(=O)C3=C(O)C21. The van der Waals surface area contributed by atoms with Gasteiger partial charge in [-0.25, -0.2) is 0 Å². The predicted molar refractivity (Wildman–Crippen MR) is 162 cm³/mol. The molecule has 3 aliphatic carbocycles. The van der Waals surface area contributed by atoms with Crippen molar-refractivity contribution in [3.63, 3.8) is 0 Å². The van der Waals surface area contributed by atoms with Gasteiger partial charge in [0.1, 0.15) is 28.4 Å². The van der Waals surface area contributed by atoms with Gasteiger partial charge in [-0.2, -0.15) is 0 Å². The Bertz CT molecular complexity index is 1760. The summed E-state index contributed by atoms with van der Waals surface area (Å²) in [5.41, 5.74) is 6.96. The molecule has 0 heterocycles. The number of benzene rings is 3. The van der Waals surface area contributed by atoms with Gasteiger partial charge in [0, 0.05) is 25.1 Å². The van der Waals surface area contributed by atoms with E-state index in [2.05, 4.69) is 17.4 Å². The largest absolute Gasteiger partial charge is 0.511 e. The van der Waals surface area contributed by atoms with Gasteiger partial charge in [0.05, 0.1) is 11.5 Å². The maximum absolute atomic E-state index is 14.0. The first-order valence-electron chi connectivity index (χ1n) is 14.6. The number of carbonyl (C=O) groups is 3. The van der Waals surface area contributed by atoms with Crippen molar-refractivity contribution in [1.29, 1.82) is 0 Å². The van der Waals surface area contributed by atoms with Crippen LogP contribution in [0.25, 0.3) is 11.1 Å². The van der Waals surface area contributed by atoms with E-state index in [9.17, 15) is 34.8 Å². The molecule has 3 aliphatic rings. The number of phenolic OH excluding ortho intramolecular Hbond substituents is 1. The lowest BCUT2D eigenvalue weighted by Gasteiger charge is -2.43. The number of Topliss-reactive ketones (excluding diaryl/α,β-unsaturated/α-hetero) is 2. The molecule has 44 heavy (non-hydrogen) atoms. The molecule has 0 bridgehead atoms. The van der Waals surface area contributed by atoms with E-state index in [4.69, 9.17) is 5.73 Å². The number of aromatic hydroxyl groups is 1. The zero-order valence-electron chi connectivity index (χ0n) is 24.2. The van der Waals surface area contributed by atoms with Crippen molar-refractivity contribution in [2.45, 2.75) is 44.9 Å². The van der Waals surface area contributed by atoms with Crippen LogP contribution < -0.4 is 11.1 Å². The van der Waals surface area contributed by atoms with E-state index < -0.39 is 57.9 Å². The molecule has 0 aliphatic heterocycles. The fraction of sp³-hybridized carbons (Fsp3) is 0.286. The number of nitrogens with two attached hydrogens (primary N) is 1. The zero-order valence-corrected chi connectivity index (χ0v) is 24.2. The number of hydrogen-bond donors (Lipinski definition) is 6. The summed E-state index contributed by atoms with van der Waals surface area (Å²) in [6.07, 6.45) is 0.366. The first-order chi connectivity index (χ1) is 21.0. The third-order valence-electron chi connectivity index (χ3n) is 9.27. The summed E-state index contributed by atoms with van der Waals surface area (Å²) in [4.78, 5) is 39.2. The van der Waals surface area contributed by atoms with Crippen LogP contribution in [0.5, 0.6) is 5.75 Å². The van der Waals surface area contributed by atoms with Crippen LogP contribution in [0.1, 0.15) is 46.8 Å². The number of aliphatic hydroxyl groups is 3. The molecule has 0 saturated carbocycles. The van der Waals surface area contributed by atoms with Gasteiger partial charge in [-0.05, 0) is 71.6 Å². The number of aliphatic hydroxyl groups excluding tert-OH is 2. The summed E-state index contributed by atoms with van der Waals surface area (Å²) in [6.45, 7) is 2.49. The topological polar surface area (TPSA) is 170 Å². The minimum Gasteiger partial charge on any atom is -0.511 e. The van der Waals surface area contributed by atoms with Crippen molar-refractivity contribution in [2.24, 2.45) is 23.5 Å². The van der Waals surface area contributed by atoms with E-state index in [1.165, 1.54) is 11.6 Å². The molecule has 3 aromatic rings. The van der Waals surface area contributed by atoms with Crippen molar-refractivity contribution in [2.75, 3.05) is 0 Å². The minimum absolute atomic E-state index is 0.0279. The lowest BCUT2D eigenvalue weighted by atomic mass is 9.62. The highest BCUT2D eigenvalue weighted by Crippen LogP contribution is 2.52. The molecule has 9 heteroatoms. The van der Waals surface area contributed by atoms with Gasteiger partial charge in [0.15, 0.2) is 5.78 Å². The minimum atomic E-state index is -2.30. The van der Waals surface area contributed by atoms with Gasteiger partial charge in [0.25, 0.3) is 5.91 Å². The third kappa shape index (κ3) is 4.88. The normalized spacial score (nSPS) is 24.8. The number of ketones is 2. The van der Waals surface area contributed by atoms with E-state index in [1.54, 1.807) is 6.07 Å². The molecule has 0 aromatic heterocycles. The second kappa shape index (κ2) is 11.1. The van der Waals surface area contributed by atoms with Crippen LogP contribution in [0.4, 0.5) is 0 Å². The number of amides is 1. The van der Waals surface area contributed by atoms with Crippen LogP contribution >= 0.6 is 0 Å². The lowest BCUT2D eigenvalue weighted by molar-refractivity contribution is -0.140. The Hall–Kier alpha value is -4.73. The van der Waals surface area contributed by atoms with Gasteiger partial charge >= 0.3 is 0 Å². The first-order valence-corrected chi connectivity index (χ1v) is 14.6. The highest BCUT2D eigenvalue weighted by atomic mass is 16.3. The summed E-state index contributed by atoms with van der Waals surface area (Å²) < 4.78 is 0. The average Bonchev–Trinajstić information content (AvgIpc) is 3.04. The maximum atomic E-state index is 14.0. The molecule has 6 rings (SSSR count). The molecule has 1 amide bonds. The predicted octanol–water partition coefficient (Wildman–Crippen LogP) is 4.17. The van der Waals surface area contributed by atoms with Crippen LogP contribution in [0.15, 0.2) is 89.4 Å². The zero-order chi connectivity index (χ0) is 31.3.